The summed E-state index contributed by atoms with van der Waals surface area (Å²) in [4.78, 5) is 38.7. The number of nitrogens with one attached hydrogen (secondary N) is 3. The number of piperidine rings is 1. The van der Waals surface area contributed by atoms with Crippen LogP contribution in [0.4, 0.5) is 17.1 Å². The minimum atomic E-state index is -4.69. The number of benzene rings is 3. The lowest BCUT2D eigenvalue weighted by Crippen LogP contribution is -2.54. The van der Waals surface area contributed by atoms with Crippen LogP contribution in [0.15, 0.2) is 77.8 Å². The number of fused-ring (bicyclic) bond motifs is 2. The molecule has 1 spiro atoms. The Morgan fingerprint density at radius 1 is 0.944 bits per heavy atom. The lowest BCUT2D eigenvalue weighted by atomic mass is 9.59. The second-order valence-corrected chi connectivity index (χ2v) is 23.7. The van der Waals surface area contributed by atoms with Gasteiger partial charge in [0.15, 0.2) is 17.2 Å². The van der Waals surface area contributed by atoms with E-state index in [4.69, 9.17) is 23.9 Å². The van der Waals surface area contributed by atoms with Crippen LogP contribution in [0.25, 0.3) is 11.0 Å². The zero-order valence-corrected chi connectivity index (χ0v) is 41.9. The molecule has 1 amide bonds. The van der Waals surface area contributed by atoms with Crippen LogP contribution in [-0.4, -0.2) is 91.8 Å². The highest BCUT2D eigenvalue weighted by Gasteiger charge is 2.50. The Labute approximate surface area is 415 Å². The number of sulfonamides is 1. The van der Waals surface area contributed by atoms with Gasteiger partial charge in [-0.3, -0.25) is 19.8 Å². The fraction of sp³-hybridized carbons (Fsp3) is 0.519. The quantitative estimate of drug-likeness (QED) is 0.0747. The summed E-state index contributed by atoms with van der Waals surface area (Å²) in [6.45, 7) is 12.8. The highest BCUT2D eigenvalue weighted by Crippen LogP contribution is 2.55. The van der Waals surface area contributed by atoms with Gasteiger partial charge in [-0.1, -0.05) is 52.0 Å². The Balaban J connectivity index is 0.837. The number of H-pyrrole nitrogens is 1. The molecule has 2 aromatic heterocycles. The summed E-state index contributed by atoms with van der Waals surface area (Å²) >= 11 is 0. The van der Waals surface area contributed by atoms with Gasteiger partial charge < -0.3 is 34.1 Å². The molecule has 4 aliphatic heterocycles. The number of pyridine rings is 1. The molecule has 2 saturated carbocycles. The zero-order valence-electron chi connectivity index (χ0n) is 41.1. The molecule has 2 atom stereocenters. The molecule has 3 N–H and O–H groups in total. The van der Waals surface area contributed by atoms with E-state index < -0.39 is 31.4 Å². The standard InChI is InChI=1S/C54H65N7O9S/c1-33(2)40-8-5-6-9-41(40)44-10-7-21-60(44)37-28-54(29-37)18-22-59(23-19-54)36-11-12-42(46(25-36)70-48-24-35-15-20-55-50(35)57-52(48)69-38-30-67-31-38)51(62)58-71(65,66)39-26-45(61(63)64)49-47(27-39)68-32-43(56-49)34-13-16-53(3,4)17-14-34/h5-6,8-9,11-12,15,20,24-27,33-34,37-38,43-44,56H,7,10,13-14,16-19,21-23,28-32H2,1-4H3,(H,55,57)(H,58,62)/t43-,44+/m1/s1. The van der Waals surface area contributed by atoms with Crippen molar-refractivity contribution in [1.29, 1.82) is 0 Å². The van der Waals surface area contributed by atoms with E-state index in [1.807, 2.05) is 12.1 Å². The summed E-state index contributed by atoms with van der Waals surface area (Å²) in [5.74, 6) is 0.313. The van der Waals surface area contributed by atoms with Crippen LogP contribution in [0.1, 0.15) is 125 Å². The van der Waals surface area contributed by atoms with E-state index in [1.54, 1.807) is 24.4 Å². The summed E-state index contributed by atoms with van der Waals surface area (Å²) in [6, 6.07) is 20.9. The Morgan fingerprint density at radius 2 is 1.72 bits per heavy atom. The number of hydrogen-bond donors (Lipinski definition) is 3. The maximum absolute atomic E-state index is 14.4. The molecule has 5 fully saturated rings. The number of nitro groups is 1. The van der Waals surface area contributed by atoms with Gasteiger partial charge in [-0.25, -0.2) is 13.1 Å². The van der Waals surface area contributed by atoms with E-state index in [0.29, 0.717) is 36.9 Å². The second kappa shape index (κ2) is 18.6. The number of amides is 1. The van der Waals surface area contributed by atoms with Crippen molar-refractivity contribution in [1.82, 2.24) is 19.6 Å². The van der Waals surface area contributed by atoms with Gasteiger partial charge in [-0.2, -0.15) is 4.98 Å². The van der Waals surface area contributed by atoms with Gasteiger partial charge in [0.1, 0.15) is 24.1 Å². The maximum Gasteiger partial charge on any atom is 0.297 e. The fourth-order valence-electron chi connectivity index (χ4n) is 12.2. The Hall–Kier alpha value is -5.91. The van der Waals surface area contributed by atoms with Gasteiger partial charge in [-0.15, -0.1) is 0 Å². The van der Waals surface area contributed by atoms with Crippen molar-refractivity contribution in [3.05, 3.63) is 99.7 Å². The summed E-state index contributed by atoms with van der Waals surface area (Å²) in [5.41, 5.74) is 4.49. The van der Waals surface area contributed by atoms with E-state index in [9.17, 15) is 23.3 Å². The van der Waals surface area contributed by atoms with Crippen LogP contribution >= 0.6 is 0 Å². The molecule has 376 valence electrons. The summed E-state index contributed by atoms with van der Waals surface area (Å²) in [6.07, 6.45) is 12.3. The third-order valence-electron chi connectivity index (χ3n) is 16.5. The third kappa shape index (κ3) is 9.40. The number of carbonyl (C=O) groups is 1. The first-order chi connectivity index (χ1) is 34.1. The molecule has 3 aromatic carbocycles. The van der Waals surface area contributed by atoms with Crippen molar-refractivity contribution in [3.63, 3.8) is 0 Å². The molecular formula is C54H65N7O9S. The predicted octanol–water partition coefficient (Wildman–Crippen LogP) is 10.3. The molecule has 6 aliphatic rings. The van der Waals surface area contributed by atoms with Gasteiger partial charge in [0.05, 0.1) is 34.6 Å². The largest absolute Gasteiger partial charge is 0.489 e. The number of aromatic amines is 1. The van der Waals surface area contributed by atoms with Gasteiger partial charge in [0, 0.05) is 60.6 Å². The summed E-state index contributed by atoms with van der Waals surface area (Å²) < 4.78 is 54.8. The minimum Gasteiger partial charge on any atom is -0.489 e. The molecule has 11 rings (SSSR count). The van der Waals surface area contributed by atoms with E-state index >= 15 is 0 Å². The number of likely N-dealkylation sites (tertiary alicyclic amines) is 1. The second-order valence-electron chi connectivity index (χ2n) is 22.1. The van der Waals surface area contributed by atoms with Crippen LogP contribution in [0, 0.1) is 26.9 Å². The number of carbonyl (C=O) groups excluding carboxylic acids is 1. The lowest BCUT2D eigenvalue weighted by Gasteiger charge is -2.56. The van der Waals surface area contributed by atoms with Gasteiger partial charge >= 0.3 is 0 Å². The predicted molar refractivity (Wildman–Crippen MR) is 270 cm³/mol. The zero-order chi connectivity index (χ0) is 49.2. The SMILES string of the molecule is CC(C)c1ccccc1[C@@H]1CCCN1C1CC2(CCN(c3ccc(C(=O)NS(=O)(=O)c4cc5c(c([N+](=O)[O-])c4)N[C@@H](C4CCC(C)(C)CC4)CO5)c(Oc4cc5cc[nH]c5nc4OC4COC4)c3)CC2)C1. The van der Waals surface area contributed by atoms with Crippen LogP contribution < -0.4 is 29.1 Å². The summed E-state index contributed by atoms with van der Waals surface area (Å²) in [5, 5.41) is 16.6. The Bertz CT molecular complexity index is 2950. The summed E-state index contributed by atoms with van der Waals surface area (Å²) in [7, 11) is -4.69. The molecule has 2 aliphatic carbocycles. The van der Waals surface area contributed by atoms with E-state index in [1.165, 1.54) is 42.9 Å². The van der Waals surface area contributed by atoms with E-state index in [0.717, 1.165) is 75.3 Å². The number of nitrogens with zero attached hydrogens (tertiary/aromatic N) is 4. The Morgan fingerprint density at radius 3 is 2.45 bits per heavy atom. The first kappa shape index (κ1) is 47.4. The molecule has 16 nitrogen and oxygen atoms in total. The van der Waals surface area contributed by atoms with Crippen molar-refractivity contribution in [2.24, 2.45) is 16.7 Å². The van der Waals surface area contributed by atoms with Crippen LogP contribution in [-0.2, 0) is 14.8 Å². The normalized spacial score (nSPS) is 22.6. The topological polar surface area (TPSA) is 190 Å². The average Bonchev–Trinajstić information content (AvgIpc) is 4.01. The number of anilines is 2. The molecule has 0 radical (unpaired) electrons. The van der Waals surface area contributed by atoms with Crippen molar-refractivity contribution in [3.8, 4) is 23.1 Å². The molecule has 3 saturated heterocycles. The average molecular weight is 988 g/mol. The smallest absolute Gasteiger partial charge is 0.297 e. The van der Waals surface area contributed by atoms with Gasteiger partial charge in [0.25, 0.3) is 27.5 Å². The van der Waals surface area contributed by atoms with Gasteiger partial charge in [-0.05, 0) is 129 Å². The fourth-order valence-corrected chi connectivity index (χ4v) is 13.2. The number of nitro benzene ring substituents is 1. The van der Waals surface area contributed by atoms with E-state index in [-0.39, 0.29) is 69.9 Å². The van der Waals surface area contributed by atoms with Crippen LogP contribution in [0.3, 0.4) is 0 Å². The number of hydrogen-bond acceptors (Lipinski definition) is 13. The van der Waals surface area contributed by atoms with E-state index in [2.05, 4.69) is 76.8 Å². The number of aromatic nitrogens is 2. The molecule has 6 heterocycles. The molecule has 71 heavy (non-hydrogen) atoms. The monoisotopic (exact) mass is 987 g/mol. The highest BCUT2D eigenvalue weighted by atomic mass is 32.2. The Kier molecular flexibility index (Phi) is 12.4. The lowest BCUT2D eigenvalue weighted by molar-refractivity contribution is -0.384. The first-order valence-corrected chi connectivity index (χ1v) is 27.0. The molecule has 5 aromatic rings. The number of ether oxygens (including phenoxy) is 4. The molecule has 0 unspecified atom stereocenters. The highest BCUT2D eigenvalue weighted by molar-refractivity contribution is 7.90. The van der Waals surface area contributed by atoms with Crippen molar-refractivity contribution in [2.45, 2.75) is 127 Å². The third-order valence-corrected chi connectivity index (χ3v) is 17.8. The van der Waals surface area contributed by atoms with Crippen molar-refractivity contribution < 1.29 is 37.1 Å². The molecule has 17 heteroatoms. The van der Waals surface area contributed by atoms with Crippen molar-refractivity contribution >= 4 is 44.0 Å². The van der Waals surface area contributed by atoms with Crippen LogP contribution in [0.5, 0.6) is 23.1 Å². The molecular weight excluding hydrogens is 923 g/mol. The van der Waals surface area contributed by atoms with Gasteiger partial charge in [0.2, 0.25) is 0 Å². The first-order valence-electron chi connectivity index (χ1n) is 25.5. The van der Waals surface area contributed by atoms with Crippen molar-refractivity contribution in [2.75, 3.05) is 49.7 Å². The molecule has 0 bridgehead atoms. The maximum atomic E-state index is 14.4. The number of rotatable bonds is 13. The minimum absolute atomic E-state index is 0.0400. The van der Waals surface area contributed by atoms with Crippen LogP contribution in [0.2, 0.25) is 0 Å².